The van der Waals surface area contributed by atoms with E-state index in [-0.39, 0.29) is 6.04 Å². The Morgan fingerprint density at radius 2 is 1.58 bits per heavy atom. The number of hydrogen-bond acceptors (Lipinski definition) is 3. The van der Waals surface area contributed by atoms with Crippen LogP contribution >= 0.6 is 34.8 Å². The molecule has 1 heterocycles. The molecule has 0 aliphatic carbocycles. The first kappa shape index (κ1) is 22.0. The summed E-state index contributed by atoms with van der Waals surface area (Å²) in [5, 5.41) is 11.0. The van der Waals surface area contributed by atoms with Gasteiger partial charge >= 0.3 is 0 Å². The van der Waals surface area contributed by atoms with E-state index in [0.717, 1.165) is 43.3 Å². The Kier molecular flexibility index (Phi) is 7.05. The molecular weight excluding hydrogens is 449 g/mol. The van der Waals surface area contributed by atoms with Gasteiger partial charge in [0.2, 0.25) is 0 Å². The topological polar surface area (TPSA) is 30.3 Å². The van der Waals surface area contributed by atoms with Gasteiger partial charge in [-0.3, -0.25) is 4.90 Å². The molecule has 31 heavy (non-hydrogen) atoms. The molecule has 158 valence electrons. The Labute approximate surface area is 198 Å². The van der Waals surface area contributed by atoms with E-state index in [1.807, 2.05) is 48.5 Å². The summed E-state index contributed by atoms with van der Waals surface area (Å²) >= 11 is 18.8. The molecule has 4 rings (SSSR count). The first-order chi connectivity index (χ1) is 15.0. The van der Waals surface area contributed by atoms with Crippen molar-refractivity contribution in [3.05, 3.63) is 98.5 Å². The van der Waals surface area contributed by atoms with Crippen LogP contribution in [0.1, 0.15) is 22.7 Å². The highest BCUT2D eigenvalue weighted by Crippen LogP contribution is 2.36. The Bertz CT molecular complexity index is 1070. The van der Waals surface area contributed by atoms with E-state index < -0.39 is 0 Å². The zero-order valence-electron chi connectivity index (χ0n) is 16.9. The maximum absolute atomic E-state index is 8.98. The molecule has 0 unspecified atom stereocenters. The summed E-state index contributed by atoms with van der Waals surface area (Å²) in [4.78, 5) is 4.85. The highest BCUT2D eigenvalue weighted by molar-refractivity contribution is 6.36. The average Bonchev–Trinajstić information content (AvgIpc) is 2.79. The standard InChI is InChI=1S/C25H22Cl3N3/c26-21-7-5-20(6-8-21)25-17-30(12-11-18-1-3-19(16-29)4-2-18)13-14-31(25)24-10-9-22(27)15-23(24)28/h1-10,15,25H,11-14,17H2/t25-/m0/s1. The van der Waals surface area contributed by atoms with E-state index in [1.54, 1.807) is 6.07 Å². The molecule has 3 nitrogen and oxygen atoms in total. The van der Waals surface area contributed by atoms with Crippen LogP contribution in [0, 0.1) is 11.3 Å². The largest absolute Gasteiger partial charge is 0.361 e. The fraction of sp³-hybridized carbons (Fsp3) is 0.240. The van der Waals surface area contributed by atoms with Crippen LogP contribution in [0.3, 0.4) is 0 Å². The molecule has 0 bridgehead atoms. The molecule has 0 aromatic heterocycles. The van der Waals surface area contributed by atoms with Crippen molar-refractivity contribution in [2.75, 3.05) is 31.1 Å². The second-order valence-electron chi connectivity index (χ2n) is 7.72. The highest BCUT2D eigenvalue weighted by atomic mass is 35.5. The molecule has 0 amide bonds. The third kappa shape index (κ3) is 5.34. The number of nitrogens with zero attached hydrogens (tertiary/aromatic N) is 3. The number of nitriles is 1. The van der Waals surface area contributed by atoms with Gasteiger partial charge in [-0.25, -0.2) is 0 Å². The molecule has 0 saturated carbocycles. The normalized spacial score (nSPS) is 16.8. The molecular formula is C25H22Cl3N3. The van der Waals surface area contributed by atoms with Crippen LogP contribution in [0.2, 0.25) is 15.1 Å². The summed E-state index contributed by atoms with van der Waals surface area (Å²) in [6, 6.07) is 23.9. The zero-order valence-corrected chi connectivity index (χ0v) is 19.2. The third-order valence-corrected chi connectivity index (χ3v) is 6.53. The van der Waals surface area contributed by atoms with E-state index in [0.29, 0.717) is 15.6 Å². The van der Waals surface area contributed by atoms with Gasteiger partial charge in [-0.15, -0.1) is 0 Å². The van der Waals surface area contributed by atoms with E-state index in [1.165, 1.54) is 11.1 Å². The summed E-state index contributed by atoms with van der Waals surface area (Å²) in [5.41, 5.74) is 4.14. The molecule has 3 aromatic carbocycles. The first-order valence-corrected chi connectivity index (χ1v) is 11.4. The fourth-order valence-electron chi connectivity index (χ4n) is 4.05. The van der Waals surface area contributed by atoms with Gasteiger partial charge in [0.25, 0.3) is 0 Å². The van der Waals surface area contributed by atoms with Crippen LogP contribution in [0.15, 0.2) is 66.7 Å². The van der Waals surface area contributed by atoms with Crippen molar-refractivity contribution in [3.63, 3.8) is 0 Å². The highest BCUT2D eigenvalue weighted by Gasteiger charge is 2.29. The van der Waals surface area contributed by atoms with E-state index >= 15 is 0 Å². The number of piperazine rings is 1. The number of halogens is 3. The lowest BCUT2D eigenvalue weighted by Gasteiger charge is -2.43. The number of hydrogen-bond donors (Lipinski definition) is 0. The predicted octanol–water partition coefficient (Wildman–Crippen LogP) is 6.62. The minimum absolute atomic E-state index is 0.158. The van der Waals surface area contributed by atoms with Gasteiger partial charge in [0.1, 0.15) is 0 Å². The molecule has 1 aliphatic rings. The van der Waals surface area contributed by atoms with Crippen LogP contribution < -0.4 is 4.90 Å². The second kappa shape index (κ2) is 9.94. The van der Waals surface area contributed by atoms with Gasteiger partial charge < -0.3 is 4.90 Å². The fourth-order valence-corrected chi connectivity index (χ4v) is 4.69. The number of benzene rings is 3. The van der Waals surface area contributed by atoms with Gasteiger partial charge in [0, 0.05) is 36.2 Å². The first-order valence-electron chi connectivity index (χ1n) is 10.2. The summed E-state index contributed by atoms with van der Waals surface area (Å²) in [5.74, 6) is 0. The Morgan fingerprint density at radius 3 is 2.26 bits per heavy atom. The monoisotopic (exact) mass is 469 g/mol. The average molecular weight is 471 g/mol. The van der Waals surface area contributed by atoms with Gasteiger partial charge in [-0.05, 0) is 60.0 Å². The number of anilines is 1. The minimum Gasteiger partial charge on any atom is -0.361 e. The SMILES string of the molecule is N#Cc1ccc(CCN2CCN(c3ccc(Cl)cc3Cl)[C@H](c3ccc(Cl)cc3)C2)cc1. The Morgan fingerprint density at radius 1 is 0.871 bits per heavy atom. The van der Waals surface area contributed by atoms with Crippen molar-refractivity contribution in [3.8, 4) is 6.07 Å². The lowest BCUT2D eigenvalue weighted by molar-refractivity contribution is 0.226. The molecule has 0 N–H and O–H groups in total. The Hall–Kier alpha value is -2.22. The van der Waals surface area contributed by atoms with Crippen molar-refractivity contribution >= 4 is 40.5 Å². The van der Waals surface area contributed by atoms with Crippen molar-refractivity contribution in [2.24, 2.45) is 0 Å². The van der Waals surface area contributed by atoms with Crippen molar-refractivity contribution in [2.45, 2.75) is 12.5 Å². The molecule has 6 heteroatoms. The van der Waals surface area contributed by atoms with E-state index in [9.17, 15) is 0 Å². The molecule has 3 aromatic rings. The molecule has 0 spiro atoms. The zero-order chi connectivity index (χ0) is 21.8. The van der Waals surface area contributed by atoms with Gasteiger partial charge in [-0.1, -0.05) is 59.1 Å². The van der Waals surface area contributed by atoms with Crippen LogP contribution in [0.25, 0.3) is 0 Å². The maximum Gasteiger partial charge on any atom is 0.0991 e. The molecule has 1 saturated heterocycles. The molecule has 1 fully saturated rings. The lowest BCUT2D eigenvalue weighted by Crippen LogP contribution is -2.49. The quantitative estimate of drug-likeness (QED) is 0.419. The van der Waals surface area contributed by atoms with Crippen molar-refractivity contribution < 1.29 is 0 Å². The lowest BCUT2D eigenvalue weighted by atomic mass is 10.0. The Balaban J connectivity index is 1.53. The summed E-state index contributed by atoms with van der Waals surface area (Å²) in [6.07, 6.45) is 0.945. The summed E-state index contributed by atoms with van der Waals surface area (Å²) < 4.78 is 0. The molecule has 0 radical (unpaired) electrons. The van der Waals surface area contributed by atoms with Gasteiger partial charge in [-0.2, -0.15) is 5.26 Å². The van der Waals surface area contributed by atoms with Crippen LogP contribution in [-0.4, -0.2) is 31.1 Å². The molecule has 1 aliphatic heterocycles. The van der Waals surface area contributed by atoms with Crippen molar-refractivity contribution in [1.82, 2.24) is 4.90 Å². The third-order valence-electron chi connectivity index (χ3n) is 5.74. The second-order valence-corrected chi connectivity index (χ2v) is 9.00. The van der Waals surface area contributed by atoms with Crippen LogP contribution in [0.4, 0.5) is 5.69 Å². The molecule has 1 atom stereocenters. The maximum atomic E-state index is 8.98. The minimum atomic E-state index is 0.158. The van der Waals surface area contributed by atoms with Gasteiger partial charge in [0.15, 0.2) is 0 Å². The smallest absolute Gasteiger partial charge is 0.0991 e. The summed E-state index contributed by atoms with van der Waals surface area (Å²) in [7, 11) is 0. The van der Waals surface area contributed by atoms with E-state index in [4.69, 9.17) is 40.1 Å². The predicted molar refractivity (Wildman–Crippen MR) is 129 cm³/mol. The van der Waals surface area contributed by atoms with Crippen LogP contribution in [-0.2, 0) is 6.42 Å². The van der Waals surface area contributed by atoms with Crippen LogP contribution in [0.5, 0.6) is 0 Å². The van der Waals surface area contributed by atoms with Gasteiger partial charge in [0.05, 0.1) is 28.4 Å². The van der Waals surface area contributed by atoms with Crippen molar-refractivity contribution in [1.29, 1.82) is 5.26 Å². The van der Waals surface area contributed by atoms with E-state index in [2.05, 4.69) is 28.0 Å². The summed E-state index contributed by atoms with van der Waals surface area (Å²) in [6.45, 7) is 3.65. The number of rotatable bonds is 5.